The summed E-state index contributed by atoms with van der Waals surface area (Å²) in [4.78, 5) is 7.89. The minimum absolute atomic E-state index is 0.403. The Morgan fingerprint density at radius 2 is 2.14 bits per heavy atom. The maximum atomic E-state index is 13.3. The number of aromatic nitrogens is 2. The molecule has 2 saturated heterocycles. The average Bonchev–Trinajstić information content (AvgIpc) is 3.10. The molecule has 0 amide bonds. The van der Waals surface area contributed by atoms with Gasteiger partial charge in [0.2, 0.25) is 5.95 Å². The monoisotopic (exact) mass is 303 g/mol. The highest BCUT2D eigenvalue weighted by molar-refractivity contribution is 6.32. The lowest BCUT2D eigenvalue weighted by Gasteiger charge is -2.21. The molecule has 0 aromatic carbocycles. The minimum atomic E-state index is -0.504. The van der Waals surface area contributed by atoms with Crippen molar-refractivity contribution in [1.29, 1.82) is 0 Å². The summed E-state index contributed by atoms with van der Waals surface area (Å²) in [6.07, 6.45) is 6.95. The molecule has 0 aliphatic carbocycles. The molecule has 1 N–H and O–H groups in total. The zero-order valence-corrected chi connectivity index (χ0v) is 12.1. The van der Waals surface area contributed by atoms with Crippen molar-refractivity contribution >= 4 is 11.6 Å². The van der Waals surface area contributed by atoms with Crippen LogP contribution >= 0.6 is 11.6 Å². The smallest absolute Gasteiger partial charge is 0.213 e. The molecule has 5 heteroatoms. The maximum Gasteiger partial charge on any atom is 0.213 e. The summed E-state index contributed by atoms with van der Waals surface area (Å²) < 4.78 is 13.3. The number of hydrogen-bond acceptors (Lipinski definition) is 3. The van der Waals surface area contributed by atoms with E-state index in [1.54, 1.807) is 6.07 Å². The molecule has 21 heavy (non-hydrogen) atoms. The summed E-state index contributed by atoms with van der Waals surface area (Å²) in [6.45, 7) is 0. The van der Waals surface area contributed by atoms with Gasteiger partial charge >= 0.3 is 0 Å². The van der Waals surface area contributed by atoms with Crippen molar-refractivity contribution in [3.05, 3.63) is 47.3 Å². The van der Waals surface area contributed by atoms with Gasteiger partial charge in [-0.3, -0.25) is 0 Å². The fourth-order valence-electron chi connectivity index (χ4n) is 3.63. The molecule has 0 saturated carbocycles. The molecular weight excluding hydrogens is 289 g/mol. The molecule has 2 aliphatic rings. The first-order valence-electron chi connectivity index (χ1n) is 7.24. The van der Waals surface area contributed by atoms with Gasteiger partial charge in [0.1, 0.15) is 5.15 Å². The molecule has 108 valence electrons. The van der Waals surface area contributed by atoms with E-state index >= 15 is 0 Å². The first-order valence-corrected chi connectivity index (χ1v) is 7.62. The fourth-order valence-corrected chi connectivity index (χ4v) is 3.84. The molecule has 2 bridgehead atoms. The predicted octanol–water partition coefficient (Wildman–Crippen LogP) is 3.54. The molecule has 3 atom stereocenters. The standard InChI is InChI=1S/C16H15ClFN3/c17-16-13(9-3-4-19-15(18)6-9)5-10(8-20-16)12-7-11-1-2-14(12)21-11/h3-6,8,11-12,14,21H,1-2,7H2/t11-,12+,14+/m0/s1. The molecule has 4 rings (SSSR count). The third kappa shape index (κ3) is 2.32. The Bertz CT molecular complexity index is 691. The molecular formula is C16H15ClFN3. The highest BCUT2D eigenvalue weighted by Crippen LogP contribution is 2.41. The summed E-state index contributed by atoms with van der Waals surface area (Å²) in [7, 11) is 0. The van der Waals surface area contributed by atoms with Gasteiger partial charge in [0, 0.05) is 42.0 Å². The van der Waals surface area contributed by atoms with Crippen molar-refractivity contribution in [2.75, 3.05) is 0 Å². The van der Waals surface area contributed by atoms with Gasteiger partial charge in [0.05, 0.1) is 0 Å². The van der Waals surface area contributed by atoms with E-state index in [1.807, 2.05) is 6.20 Å². The van der Waals surface area contributed by atoms with Crippen LogP contribution in [0.4, 0.5) is 4.39 Å². The lowest BCUT2D eigenvalue weighted by atomic mass is 9.84. The quantitative estimate of drug-likeness (QED) is 0.862. The van der Waals surface area contributed by atoms with Crippen LogP contribution in [0.25, 0.3) is 11.1 Å². The van der Waals surface area contributed by atoms with E-state index in [-0.39, 0.29) is 0 Å². The van der Waals surface area contributed by atoms with Crippen LogP contribution < -0.4 is 5.32 Å². The topological polar surface area (TPSA) is 37.8 Å². The second kappa shape index (κ2) is 5.04. The number of halogens is 2. The Balaban J connectivity index is 1.73. The Morgan fingerprint density at radius 3 is 2.86 bits per heavy atom. The van der Waals surface area contributed by atoms with Crippen molar-refractivity contribution in [2.24, 2.45) is 0 Å². The molecule has 0 unspecified atom stereocenters. The van der Waals surface area contributed by atoms with Gasteiger partial charge in [-0.1, -0.05) is 11.6 Å². The summed E-state index contributed by atoms with van der Waals surface area (Å²) in [5.41, 5.74) is 2.68. The van der Waals surface area contributed by atoms with Crippen LogP contribution in [0, 0.1) is 5.95 Å². The molecule has 0 spiro atoms. The highest BCUT2D eigenvalue weighted by Gasteiger charge is 2.39. The van der Waals surface area contributed by atoms with Crippen molar-refractivity contribution in [3.63, 3.8) is 0 Å². The van der Waals surface area contributed by atoms with Crippen LogP contribution in [0.2, 0.25) is 5.15 Å². The maximum absolute atomic E-state index is 13.3. The van der Waals surface area contributed by atoms with Gasteiger partial charge in [0.25, 0.3) is 0 Å². The predicted molar refractivity (Wildman–Crippen MR) is 79.7 cm³/mol. The second-order valence-corrected chi connectivity index (χ2v) is 6.22. The zero-order chi connectivity index (χ0) is 14.4. The Hall–Kier alpha value is -1.52. The van der Waals surface area contributed by atoms with Crippen molar-refractivity contribution in [2.45, 2.75) is 37.3 Å². The van der Waals surface area contributed by atoms with Crippen LogP contribution in [-0.2, 0) is 0 Å². The first kappa shape index (κ1) is 13.2. The van der Waals surface area contributed by atoms with E-state index in [0.29, 0.717) is 23.2 Å². The van der Waals surface area contributed by atoms with Gasteiger partial charge in [0.15, 0.2) is 0 Å². The van der Waals surface area contributed by atoms with E-state index in [0.717, 1.165) is 17.5 Å². The zero-order valence-electron chi connectivity index (χ0n) is 11.4. The normalized spacial score (nSPS) is 27.2. The van der Waals surface area contributed by atoms with Crippen LogP contribution in [-0.4, -0.2) is 22.1 Å². The van der Waals surface area contributed by atoms with E-state index in [9.17, 15) is 4.39 Å². The number of rotatable bonds is 2. The number of fused-ring (bicyclic) bond motifs is 2. The summed E-state index contributed by atoms with van der Waals surface area (Å²) in [6, 6.07) is 6.38. The van der Waals surface area contributed by atoms with Crippen LogP contribution in [0.5, 0.6) is 0 Å². The van der Waals surface area contributed by atoms with Crippen LogP contribution in [0.1, 0.15) is 30.7 Å². The lowest BCUT2D eigenvalue weighted by Crippen LogP contribution is -2.21. The summed E-state index contributed by atoms with van der Waals surface area (Å²) >= 11 is 6.20. The largest absolute Gasteiger partial charge is 0.311 e. The number of hydrogen-bond donors (Lipinski definition) is 1. The third-order valence-corrected chi connectivity index (χ3v) is 4.93. The van der Waals surface area contributed by atoms with Gasteiger partial charge in [-0.15, -0.1) is 0 Å². The van der Waals surface area contributed by atoms with Crippen molar-refractivity contribution < 1.29 is 4.39 Å². The molecule has 3 nitrogen and oxygen atoms in total. The molecule has 2 fully saturated rings. The van der Waals surface area contributed by atoms with Crippen LogP contribution in [0.3, 0.4) is 0 Å². The van der Waals surface area contributed by atoms with Crippen LogP contribution in [0.15, 0.2) is 30.6 Å². The number of nitrogens with zero attached hydrogens (tertiary/aromatic N) is 2. The first-order chi connectivity index (χ1) is 10.2. The van der Waals surface area contributed by atoms with Gasteiger partial charge in [-0.05, 0) is 42.5 Å². The van der Waals surface area contributed by atoms with E-state index in [4.69, 9.17) is 11.6 Å². The molecule has 2 aliphatic heterocycles. The van der Waals surface area contributed by atoms with Crippen molar-refractivity contribution in [3.8, 4) is 11.1 Å². The van der Waals surface area contributed by atoms with Crippen molar-refractivity contribution in [1.82, 2.24) is 15.3 Å². The van der Waals surface area contributed by atoms with Gasteiger partial charge in [-0.25, -0.2) is 9.97 Å². The van der Waals surface area contributed by atoms with Gasteiger partial charge in [-0.2, -0.15) is 4.39 Å². The average molecular weight is 304 g/mol. The Morgan fingerprint density at radius 1 is 1.24 bits per heavy atom. The number of nitrogens with one attached hydrogen (secondary N) is 1. The second-order valence-electron chi connectivity index (χ2n) is 5.86. The molecule has 0 radical (unpaired) electrons. The summed E-state index contributed by atoms with van der Waals surface area (Å²) in [5, 5.41) is 4.03. The van der Waals surface area contributed by atoms with E-state index < -0.39 is 5.95 Å². The molecule has 2 aromatic rings. The Kier molecular flexibility index (Phi) is 3.16. The fraction of sp³-hybridized carbons (Fsp3) is 0.375. The molecule has 2 aromatic heterocycles. The molecule has 4 heterocycles. The summed E-state index contributed by atoms with van der Waals surface area (Å²) in [5.74, 6) is -0.0190. The highest BCUT2D eigenvalue weighted by atomic mass is 35.5. The minimum Gasteiger partial charge on any atom is -0.311 e. The SMILES string of the molecule is Fc1cc(-c2cc([C@H]3C[C@@H]4CC[C@H]3N4)cnc2Cl)ccn1. The van der Waals surface area contributed by atoms with E-state index in [2.05, 4.69) is 21.4 Å². The lowest BCUT2D eigenvalue weighted by molar-refractivity contribution is 0.505. The third-order valence-electron chi connectivity index (χ3n) is 4.63. The van der Waals surface area contributed by atoms with Gasteiger partial charge < -0.3 is 5.32 Å². The Labute approximate surface area is 127 Å². The number of pyridine rings is 2. The van der Waals surface area contributed by atoms with E-state index in [1.165, 1.54) is 30.7 Å².